The minimum atomic E-state index is -0.616. The van der Waals surface area contributed by atoms with E-state index in [0.29, 0.717) is 0 Å². The van der Waals surface area contributed by atoms with Gasteiger partial charge in [-0.3, -0.25) is 0 Å². The highest BCUT2D eigenvalue weighted by Gasteiger charge is 2.15. The summed E-state index contributed by atoms with van der Waals surface area (Å²) in [6.07, 6.45) is 5.37. The van der Waals surface area contributed by atoms with Crippen LogP contribution < -0.4 is 0 Å². The Morgan fingerprint density at radius 2 is 1.39 bits per heavy atom. The molecular formula is C26H20N4O. The van der Waals surface area contributed by atoms with Crippen molar-refractivity contribution < 1.29 is 5.11 Å². The van der Waals surface area contributed by atoms with Crippen molar-refractivity contribution in [3.63, 3.8) is 0 Å². The fourth-order valence-electron chi connectivity index (χ4n) is 4.21. The summed E-state index contributed by atoms with van der Waals surface area (Å²) in [5.74, 6) is 0. The zero-order valence-electron chi connectivity index (χ0n) is 16.9. The zero-order chi connectivity index (χ0) is 20.9. The maximum Gasteiger partial charge on any atom is 0.0783 e. The Kier molecular flexibility index (Phi) is 3.91. The van der Waals surface area contributed by atoms with E-state index in [-0.39, 0.29) is 0 Å². The van der Waals surface area contributed by atoms with E-state index in [1.165, 1.54) is 0 Å². The Hall–Kier alpha value is -3.96. The molecule has 4 aromatic rings. The Morgan fingerprint density at radius 3 is 2.10 bits per heavy atom. The van der Waals surface area contributed by atoms with Gasteiger partial charge in [-0.05, 0) is 61.5 Å². The molecule has 0 amide bonds. The maximum atomic E-state index is 10.4. The number of aliphatic hydroxyl groups is 1. The van der Waals surface area contributed by atoms with Crippen LogP contribution >= 0.6 is 0 Å². The molecule has 6 rings (SSSR count). The van der Waals surface area contributed by atoms with Crippen LogP contribution in [-0.4, -0.2) is 31.1 Å². The van der Waals surface area contributed by atoms with Crippen LogP contribution in [0.2, 0.25) is 0 Å². The maximum absolute atomic E-state index is 10.4. The normalized spacial score (nSPS) is 14.1. The van der Waals surface area contributed by atoms with Crippen molar-refractivity contribution in [3.8, 4) is 0 Å². The summed E-state index contributed by atoms with van der Waals surface area (Å²) in [7, 11) is 0. The van der Waals surface area contributed by atoms with Gasteiger partial charge in [0.2, 0.25) is 0 Å². The number of hydrogen-bond acceptors (Lipinski definition) is 3. The van der Waals surface area contributed by atoms with Gasteiger partial charge in [0, 0.05) is 38.4 Å². The zero-order valence-corrected chi connectivity index (χ0v) is 16.9. The van der Waals surface area contributed by atoms with Gasteiger partial charge in [-0.25, -0.2) is 9.97 Å². The minimum absolute atomic E-state index is 0.616. The summed E-state index contributed by atoms with van der Waals surface area (Å²) < 4.78 is 0. The summed E-state index contributed by atoms with van der Waals surface area (Å²) in [6, 6.07) is 20.4. The van der Waals surface area contributed by atoms with E-state index in [0.717, 1.165) is 61.2 Å². The Bertz CT molecular complexity index is 1570. The van der Waals surface area contributed by atoms with Gasteiger partial charge in [0.1, 0.15) is 0 Å². The molecule has 8 bridgehead atoms. The van der Waals surface area contributed by atoms with Crippen molar-refractivity contribution in [1.82, 2.24) is 19.9 Å². The molecule has 1 atom stereocenters. The molecule has 3 N–H and O–H groups in total. The van der Waals surface area contributed by atoms with Crippen molar-refractivity contribution in [1.29, 1.82) is 0 Å². The van der Waals surface area contributed by atoms with Crippen LogP contribution in [0.1, 0.15) is 29.7 Å². The number of aliphatic hydroxyl groups excluding tert-OH is 1. The predicted octanol–water partition coefficient (Wildman–Crippen LogP) is 5.56. The van der Waals surface area contributed by atoms with Gasteiger partial charge in [-0.15, -0.1) is 0 Å². The molecule has 1 unspecified atom stereocenters. The van der Waals surface area contributed by atoms with Crippen LogP contribution in [-0.2, 0) is 0 Å². The molecule has 0 saturated heterocycles. The molecule has 0 fully saturated rings. The smallest absolute Gasteiger partial charge is 0.0783 e. The highest BCUT2D eigenvalue weighted by molar-refractivity contribution is 6.07. The summed E-state index contributed by atoms with van der Waals surface area (Å²) in [6.45, 7) is 1.77. The first-order chi connectivity index (χ1) is 15.1. The van der Waals surface area contributed by atoms with Crippen LogP contribution in [0.3, 0.4) is 0 Å². The summed E-state index contributed by atoms with van der Waals surface area (Å²) >= 11 is 0. The van der Waals surface area contributed by atoms with E-state index >= 15 is 0 Å². The van der Waals surface area contributed by atoms with Gasteiger partial charge in [0.15, 0.2) is 0 Å². The molecule has 1 aromatic carbocycles. The molecule has 2 aliphatic rings. The Balaban J connectivity index is 1.77. The van der Waals surface area contributed by atoms with Crippen molar-refractivity contribution in [3.05, 3.63) is 83.4 Å². The first-order valence-electron chi connectivity index (χ1n) is 10.3. The second kappa shape index (κ2) is 6.79. The van der Waals surface area contributed by atoms with E-state index in [1.807, 2.05) is 60.7 Å². The largest absolute Gasteiger partial charge is 0.389 e. The number of fused-ring (bicyclic) bond motifs is 11. The SMILES string of the molecule is CC(O)C1=Cc2cc3ccc(cc4nc(cc5[nH]c(cc1n2)c1ccccc51)C=C4)[nH]3. The van der Waals surface area contributed by atoms with E-state index in [1.54, 1.807) is 6.92 Å². The second-order valence-corrected chi connectivity index (χ2v) is 7.94. The molecule has 5 heteroatoms. The fraction of sp³-hybridized carbons (Fsp3) is 0.0769. The van der Waals surface area contributed by atoms with E-state index in [9.17, 15) is 5.11 Å². The number of nitrogens with zero attached hydrogens (tertiary/aromatic N) is 2. The highest BCUT2D eigenvalue weighted by atomic mass is 16.3. The van der Waals surface area contributed by atoms with Crippen LogP contribution in [0.25, 0.3) is 56.6 Å². The quantitative estimate of drug-likeness (QED) is 0.342. The number of aromatic nitrogens is 4. The number of aromatic amines is 2. The van der Waals surface area contributed by atoms with Gasteiger partial charge in [0.25, 0.3) is 0 Å². The fourth-order valence-corrected chi connectivity index (χ4v) is 4.21. The van der Waals surface area contributed by atoms with E-state index in [2.05, 4.69) is 28.2 Å². The average molecular weight is 404 g/mol. The van der Waals surface area contributed by atoms with Crippen molar-refractivity contribution >= 4 is 56.6 Å². The monoisotopic (exact) mass is 404 g/mol. The molecule has 0 spiro atoms. The molecule has 5 nitrogen and oxygen atoms in total. The van der Waals surface area contributed by atoms with E-state index in [4.69, 9.17) is 9.97 Å². The molecule has 3 aromatic heterocycles. The summed E-state index contributed by atoms with van der Waals surface area (Å²) in [5.41, 5.74) is 8.06. The van der Waals surface area contributed by atoms with Crippen molar-refractivity contribution in [2.24, 2.45) is 0 Å². The Labute approximate surface area is 178 Å². The molecular weight excluding hydrogens is 384 g/mol. The lowest BCUT2D eigenvalue weighted by Crippen LogP contribution is -2.01. The third-order valence-corrected chi connectivity index (χ3v) is 5.67. The van der Waals surface area contributed by atoms with Crippen molar-refractivity contribution in [2.45, 2.75) is 13.0 Å². The van der Waals surface area contributed by atoms with Gasteiger partial charge >= 0.3 is 0 Å². The van der Waals surface area contributed by atoms with Gasteiger partial charge in [-0.1, -0.05) is 24.3 Å². The molecule has 0 radical (unpaired) electrons. The van der Waals surface area contributed by atoms with Crippen LogP contribution in [0.5, 0.6) is 0 Å². The summed E-state index contributed by atoms with van der Waals surface area (Å²) in [4.78, 5) is 16.5. The van der Waals surface area contributed by atoms with Crippen LogP contribution in [0.4, 0.5) is 0 Å². The lowest BCUT2D eigenvalue weighted by Gasteiger charge is -2.03. The first kappa shape index (κ1) is 17.9. The minimum Gasteiger partial charge on any atom is -0.389 e. The van der Waals surface area contributed by atoms with Crippen molar-refractivity contribution in [2.75, 3.05) is 0 Å². The number of nitrogens with one attached hydrogen (secondary N) is 2. The molecule has 150 valence electrons. The summed E-state index contributed by atoms with van der Waals surface area (Å²) in [5, 5.41) is 12.6. The number of hydrogen-bond donors (Lipinski definition) is 3. The standard InChI is InChI=1S/C26H20N4O/c1-15(31)23-12-20-11-18-7-6-16(27-18)10-17-8-9-19(28-17)13-24-21-4-2-3-5-22(21)25(30-24)14-26(23)29-20/h2-15,27,30-31H,1H3. The lowest BCUT2D eigenvalue weighted by atomic mass is 10.1. The number of benzene rings is 1. The first-order valence-corrected chi connectivity index (χ1v) is 10.3. The van der Waals surface area contributed by atoms with Gasteiger partial charge < -0.3 is 15.1 Å². The highest BCUT2D eigenvalue weighted by Crippen LogP contribution is 2.29. The average Bonchev–Trinajstić information content (AvgIpc) is 3.52. The third-order valence-electron chi connectivity index (χ3n) is 5.67. The van der Waals surface area contributed by atoms with E-state index < -0.39 is 6.10 Å². The molecule has 0 saturated carbocycles. The predicted molar refractivity (Wildman–Crippen MR) is 127 cm³/mol. The Morgan fingerprint density at radius 1 is 0.742 bits per heavy atom. The number of H-pyrrole nitrogens is 2. The lowest BCUT2D eigenvalue weighted by molar-refractivity contribution is 0.254. The molecule has 5 heterocycles. The third kappa shape index (κ3) is 3.16. The van der Waals surface area contributed by atoms with Crippen LogP contribution in [0, 0.1) is 0 Å². The van der Waals surface area contributed by atoms with Gasteiger partial charge in [0.05, 0.1) is 28.9 Å². The van der Waals surface area contributed by atoms with Crippen LogP contribution in [0.15, 0.2) is 60.7 Å². The van der Waals surface area contributed by atoms with Gasteiger partial charge in [-0.2, -0.15) is 0 Å². The molecule has 0 aliphatic carbocycles. The second-order valence-electron chi connectivity index (χ2n) is 7.94. The topological polar surface area (TPSA) is 77.6 Å². The molecule has 2 aliphatic heterocycles. The molecule has 31 heavy (non-hydrogen) atoms. The number of rotatable bonds is 1.